The van der Waals surface area contributed by atoms with Crippen molar-refractivity contribution in [3.8, 4) is 0 Å². The number of benzene rings is 1. The van der Waals surface area contributed by atoms with Gasteiger partial charge in [0.2, 0.25) is 0 Å². The van der Waals surface area contributed by atoms with Gasteiger partial charge < -0.3 is 24.8 Å². The summed E-state index contributed by atoms with van der Waals surface area (Å²) >= 11 is 0. The Morgan fingerprint density at radius 1 is 1.30 bits per heavy atom. The number of aliphatic hydroxyl groups is 1. The molecule has 6 nitrogen and oxygen atoms in total. The lowest BCUT2D eigenvalue weighted by molar-refractivity contribution is -0.00347. The summed E-state index contributed by atoms with van der Waals surface area (Å²) in [5.74, 6) is 0. The molecule has 1 aliphatic heterocycles. The van der Waals surface area contributed by atoms with Crippen molar-refractivity contribution in [2.24, 2.45) is 0 Å². The smallest absolute Gasteiger partial charge is 0.410 e. The molecule has 0 aliphatic carbocycles. The average molecular weight is 381 g/mol. The lowest BCUT2D eigenvalue weighted by atomic mass is 9.97. The standard InChI is InChI=1S/C19H30N2O4.C2H6/c1-19(2,3)25-18(23)21-10-9-15(11-16(21)13-24-4)20-17-8-6-5-7-14(17)12-22;1-2/h5-8,15-16,20,22H,9-13H2,1-4H3;1-2H3. The van der Waals surface area contributed by atoms with Gasteiger partial charge in [0.05, 0.1) is 19.3 Å². The monoisotopic (exact) mass is 380 g/mol. The van der Waals surface area contributed by atoms with Gasteiger partial charge in [-0.05, 0) is 39.7 Å². The fourth-order valence-electron chi connectivity index (χ4n) is 3.11. The van der Waals surface area contributed by atoms with Crippen molar-refractivity contribution in [1.29, 1.82) is 0 Å². The van der Waals surface area contributed by atoms with Crippen LogP contribution in [0.25, 0.3) is 0 Å². The molecule has 0 saturated carbocycles. The van der Waals surface area contributed by atoms with Crippen LogP contribution in [0.15, 0.2) is 24.3 Å². The lowest BCUT2D eigenvalue weighted by Gasteiger charge is -2.40. The van der Waals surface area contributed by atoms with Gasteiger partial charge in [0.1, 0.15) is 5.60 Å². The Hall–Kier alpha value is -1.79. The molecule has 1 aliphatic rings. The molecule has 2 N–H and O–H groups in total. The van der Waals surface area contributed by atoms with Crippen molar-refractivity contribution in [3.05, 3.63) is 29.8 Å². The minimum Gasteiger partial charge on any atom is -0.444 e. The molecule has 2 atom stereocenters. The van der Waals surface area contributed by atoms with Crippen LogP contribution in [-0.2, 0) is 16.1 Å². The zero-order valence-corrected chi connectivity index (χ0v) is 17.6. The van der Waals surface area contributed by atoms with E-state index in [1.54, 1.807) is 12.0 Å². The first-order chi connectivity index (χ1) is 12.8. The van der Waals surface area contributed by atoms with Crippen molar-refractivity contribution in [2.45, 2.75) is 71.8 Å². The predicted octanol–water partition coefficient (Wildman–Crippen LogP) is 4.03. The molecule has 1 aromatic rings. The normalized spacial score (nSPS) is 19.7. The zero-order valence-electron chi connectivity index (χ0n) is 17.6. The second-order valence-corrected chi connectivity index (χ2v) is 7.46. The van der Waals surface area contributed by atoms with Crippen molar-refractivity contribution in [1.82, 2.24) is 4.90 Å². The molecule has 0 aromatic heterocycles. The Bertz CT molecular complexity index is 572. The summed E-state index contributed by atoms with van der Waals surface area (Å²) in [5.41, 5.74) is 1.31. The minimum atomic E-state index is -0.510. The molecule has 27 heavy (non-hydrogen) atoms. The summed E-state index contributed by atoms with van der Waals surface area (Å²) in [6.07, 6.45) is 1.30. The molecule has 2 rings (SSSR count). The molecule has 0 spiro atoms. The first-order valence-electron chi connectivity index (χ1n) is 9.78. The van der Waals surface area contributed by atoms with Crippen LogP contribution in [0.3, 0.4) is 0 Å². The van der Waals surface area contributed by atoms with E-state index in [0.717, 1.165) is 24.1 Å². The number of likely N-dealkylation sites (tertiary alicyclic amines) is 1. The maximum atomic E-state index is 12.5. The summed E-state index contributed by atoms with van der Waals surface area (Å²) in [5, 5.41) is 13.0. The number of hydrogen-bond acceptors (Lipinski definition) is 5. The van der Waals surface area contributed by atoms with Gasteiger partial charge in [-0.2, -0.15) is 0 Å². The number of nitrogens with zero attached hydrogens (tertiary/aromatic N) is 1. The van der Waals surface area contributed by atoms with Crippen molar-refractivity contribution in [2.75, 3.05) is 25.6 Å². The molecule has 0 bridgehead atoms. The van der Waals surface area contributed by atoms with Gasteiger partial charge in [-0.1, -0.05) is 32.0 Å². The molecule has 0 radical (unpaired) electrons. The molecule has 1 amide bonds. The molecular formula is C21H36N2O4. The van der Waals surface area contributed by atoms with E-state index in [0.29, 0.717) is 13.2 Å². The van der Waals surface area contributed by atoms with Crippen LogP contribution in [0.2, 0.25) is 0 Å². The Kier molecular flexibility index (Phi) is 9.60. The Morgan fingerprint density at radius 3 is 2.56 bits per heavy atom. The van der Waals surface area contributed by atoms with Gasteiger partial charge in [-0.3, -0.25) is 0 Å². The maximum absolute atomic E-state index is 12.5. The van der Waals surface area contributed by atoms with E-state index in [2.05, 4.69) is 5.32 Å². The number of aliphatic hydroxyl groups excluding tert-OH is 1. The Labute approximate surface area is 163 Å². The van der Waals surface area contributed by atoms with Crippen molar-refractivity contribution in [3.63, 3.8) is 0 Å². The number of anilines is 1. The Balaban J connectivity index is 0.00000176. The molecule has 2 unspecified atom stereocenters. The summed E-state index contributed by atoms with van der Waals surface area (Å²) in [7, 11) is 1.64. The largest absolute Gasteiger partial charge is 0.444 e. The fourth-order valence-corrected chi connectivity index (χ4v) is 3.11. The number of para-hydroxylation sites is 1. The maximum Gasteiger partial charge on any atom is 0.410 e. The van der Waals surface area contributed by atoms with E-state index in [9.17, 15) is 9.90 Å². The van der Waals surface area contributed by atoms with Gasteiger partial charge in [0, 0.05) is 30.9 Å². The molecule has 1 saturated heterocycles. The number of carbonyl (C=O) groups excluding carboxylic acids is 1. The number of piperidine rings is 1. The van der Waals surface area contributed by atoms with E-state index in [1.165, 1.54) is 0 Å². The van der Waals surface area contributed by atoms with Crippen LogP contribution >= 0.6 is 0 Å². The summed E-state index contributed by atoms with van der Waals surface area (Å²) in [6.45, 7) is 10.7. The Morgan fingerprint density at radius 2 is 1.96 bits per heavy atom. The highest BCUT2D eigenvalue weighted by molar-refractivity contribution is 5.69. The second-order valence-electron chi connectivity index (χ2n) is 7.46. The van der Waals surface area contributed by atoms with E-state index in [4.69, 9.17) is 9.47 Å². The lowest BCUT2D eigenvalue weighted by Crippen LogP contribution is -2.52. The minimum absolute atomic E-state index is 0.00142. The summed E-state index contributed by atoms with van der Waals surface area (Å²) in [4.78, 5) is 14.2. The van der Waals surface area contributed by atoms with E-state index in [1.807, 2.05) is 58.9 Å². The molecular weight excluding hydrogens is 344 g/mol. The number of hydrogen-bond donors (Lipinski definition) is 2. The first kappa shape index (κ1) is 23.2. The third kappa shape index (κ3) is 7.39. The highest BCUT2D eigenvalue weighted by Gasteiger charge is 2.34. The van der Waals surface area contributed by atoms with E-state index < -0.39 is 5.60 Å². The number of carbonyl (C=O) groups is 1. The van der Waals surface area contributed by atoms with Gasteiger partial charge in [0.15, 0.2) is 0 Å². The molecule has 154 valence electrons. The summed E-state index contributed by atoms with van der Waals surface area (Å²) < 4.78 is 10.8. The van der Waals surface area contributed by atoms with Crippen LogP contribution in [0.1, 0.15) is 53.0 Å². The SMILES string of the molecule is CC.COCC1CC(Nc2ccccc2CO)CCN1C(=O)OC(C)(C)C. The summed E-state index contributed by atoms with van der Waals surface area (Å²) in [6, 6.07) is 7.92. The molecule has 1 aromatic carbocycles. The third-order valence-corrected chi connectivity index (χ3v) is 4.25. The van der Waals surface area contributed by atoms with Crippen LogP contribution in [0, 0.1) is 0 Å². The topological polar surface area (TPSA) is 71.0 Å². The van der Waals surface area contributed by atoms with Gasteiger partial charge >= 0.3 is 6.09 Å². The van der Waals surface area contributed by atoms with Crippen LogP contribution in [0.4, 0.5) is 10.5 Å². The molecule has 1 heterocycles. The van der Waals surface area contributed by atoms with Gasteiger partial charge in [-0.15, -0.1) is 0 Å². The third-order valence-electron chi connectivity index (χ3n) is 4.25. The molecule has 6 heteroatoms. The zero-order chi connectivity index (χ0) is 20.4. The number of nitrogens with one attached hydrogen (secondary N) is 1. The number of rotatable bonds is 5. The van der Waals surface area contributed by atoms with Gasteiger partial charge in [0.25, 0.3) is 0 Å². The van der Waals surface area contributed by atoms with Crippen molar-refractivity contribution >= 4 is 11.8 Å². The first-order valence-corrected chi connectivity index (χ1v) is 9.78. The van der Waals surface area contributed by atoms with E-state index in [-0.39, 0.29) is 24.8 Å². The quantitative estimate of drug-likeness (QED) is 0.807. The number of ether oxygens (including phenoxy) is 2. The van der Waals surface area contributed by atoms with Crippen LogP contribution in [-0.4, -0.2) is 54.0 Å². The number of amides is 1. The second kappa shape index (κ2) is 11.1. The van der Waals surface area contributed by atoms with E-state index >= 15 is 0 Å². The van der Waals surface area contributed by atoms with Crippen LogP contribution < -0.4 is 5.32 Å². The highest BCUT2D eigenvalue weighted by atomic mass is 16.6. The predicted molar refractivity (Wildman–Crippen MR) is 109 cm³/mol. The average Bonchev–Trinajstić information content (AvgIpc) is 2.63. The fraction of sp³-hybridized carbons (Fsp3) is 0.667. The highest BCUT2D eigenvalue weighted by Crippen LogP contribution is 2.25. The molecule has 1 fully saturated rings. The van der Waals surface area contributed by atoms with Crippen LogP contribution in [0.5, 0.6) is 0 Å². The van der Waals surface area contributed by atoms with Crippen molar-refractivity contribution < 1.29 is 19.4 Å². The van der Waals surface area contributed by atoms with Gasteiger partial charge in [-0.25, -0.2) is 4.79 Å². The number of methoxy groups -OCH3 is 1.